The summed E-state index contributed by atoms with van der Waals surface area (Å²) in [7, 11) is 1.58. The fraction of sp³-hybridized carbons (Fsp3) is 0.360. The van der Waals surface area contributed by atoms with Crippen molar-refractivity contribution in [3.8, 4) is 5.75 Å². The van der Waals surface area contributed by atoms with E-state index in [-0.39, 0.29) is 24.2 Å². The highest BCUT2D eigenvalue weighted by molar-refractivity contribution is 5.91. The fourth-order valence-corrected chi connectivity index (χ4v) is 4.39. The number of carbonyl (C=O) groups excluding carboxylic acids is 1. The van der Waals surface area contributed by atoms with Gasteiger partial charge in [0.2, 0.25) is 0 Å². The van der Waals surface area contributed by atoms with Gasteiger partial charge in [0, 0.05) is 11.6 Å². The molecule has 2 amide bonds. The van der Waals surface area contributed by atoms with Crippen molar-refractivity contribution in [2.24, 2.45) is 0 Å². The lowest BCUT2D eigenvalue weighted by molar-refractivity contribution is 0.184. The molecule has 0 saturated heterocycles. The quantitative estimate of drug-likeness (QED) is 0.602. The van der Waals surface area contributed by atoms with Crippen molar-refractivity contribution in [3.05, 3.63) is 69.5 Å². The Hall–Kier alpha value is -3.28. The van der Waals surface area contributed by atoms with E-state index >= 15 is 0 Å². The number of amides is 2. The molecule has 1 aliphatic carbocycles. The minimum absolute atomic E-state index is 0.115. The molecule has 1 aromatic heterocycles. The second-order valence-corrected chi connectivity index (χ2v) is 8.29. The molecule has 6 nitrogen and oxygen atoms in total. The predicted molar refractivity (Wildman–Crippen MR) is 124 cm³/mol. The average Bonchev–Trinajstić information content (AvgIpc) is 3.30. The molecule has 0 radical (unpaired) electrons. The maximum Gasteiger partial charge on any atom is 0.322 e. The number of methoxy groups -OCH3 is 1. The summed E-state index contributed by atoms with van der Waals surface area (Å²) in [6, 6.07) is 13.2. The highest BCUT2D eigenvalue weighted by atomic mass is 16.5. The summed E-state index contributed by atoms with van der Waals surface area (Å²) in [5, 5.41) is 3.96. The molecule has 3 aromatic rings. The maximum atomic E-state index is 13.3. The monoisotopic (exact) mass is 419 g/mol. The Kier molecular flexibility index (Phi) is 5.98. The summed E-state index contributed by atoms with van der Waals surface area (Å²) in [4.78, 5) is 31.0. The van der Waals surface area contributed by atoms with Gasteiger partial charge in [-0.2, -0.15) is 0 Å². The van der Waals surface area contributed by atoms with E-state index in [2.05, 4.69) is 16.4 Å². The van der Waals surface area contributed by atoms with E-state index in [1.807, 2.05) is 50.2 Å². The minimum Gasteiger partial charge on any atom is -0.495 e. The second kappa shape index (κ2) is 8.84. The number of urea groups is 1. The number of ether oxygens (including phenoxy) is 1. The SMILES string of the molecule is COc1ccccc1NC(=O)N(Cc1cc2ccc(C)c(C)c2[nH]c1=O)C1CCCC1. The van der Waals surface area contributed by atoms with Crippen LogP contribution in [0, 0.1) is 13.8 Å². The summed E-state index contributed by atoms with van der Waals surface area (Å²) in [5.41, 5.74) is 4.14. The van der Waals surface area contributed by atoms with E-state index in [4.69, 9.17) is 4.74 Å². The Morgan fingerprint density at radius 2 is 1.90 bits per heavy atom. The van der Waals surface area contributed by atoms with Gasteiger partial charge in [-0.15, -0.1) is 0 Å². The molecule has 162 valence electrons. The van der Waals surface area contributed by atoms with Crippen LogP contribution in [0.25, 0.3) is 10.9 Å². The van der Waals surface area contributed by atoms with Gasteiger partial charge in [-0.1, -0.05) is 37.1 Å². The standard InChI is InChI=1S/C25H29N3O3/c1-16-12-13-18-14-19(24(29)27-23(18)17(16)2)15-28(20-8-4-5-9-20)25(30)26-21-10-6-7-11-22(21)31-3/h6-7,10-14,20H,4-5,8-9,15H2,1-3H3,(H,26,30)(H,27,29). The molecule has 0 aliphatic heterocycles. The molecule has 0 spiro atoms. The number of aromatic amines is 1. The normalized spacial score (nSPS) is 14.0. The number of carbonyl (C=O) groups is 1. The molecule has 0 bridgehead atoms. The van der Waals surface area contributed by atoms with E-state index in [1.54, 1.807) is 12.0 Å². The third-order valence-corrected chi connectivity index (χ3v) is 6.34. The van der Waals surface area contributed by atoms with E-state index in [0.29, 0.717) is 17.0 Å². The van der Waals surface area contributed by atoms with Crippen LogP contribution >= 0.6 is 0 Å². The van der Waals surface area contributed by atoms with E-state index in [0.717, 1.165) is 47.7 Å². The molecular formula is C25H29N3O3. The summed E-state index contributed by atoms with van der Waals surface area (Å²) in [6.07, 6.45) is 4.08. The van der Waals surface area contributed by atoms with Gasteiger partial charge in [-0.3, -0.25) is 4.79 Å². The van der Waals surface area contributed by atoms with Crippen LogP contribution < -0.4 is 15.6 Å². The maximum absolute atomic E-state index is 13.3. The van der Waals surface area contributed by atoms with Crippen molar-refractivity contribution in [3.63, 3.8) is 0 Å². The molecule has 1 aliphatic rings. The number of pyridine rings is 1. The number of rotatable bonds is 5. The number of aromatic nitrogens is 1. The van der Waals surface area contributed by atoms with Gasteiger partial charge in [0.1, 0.15) is 5.75 Å². The number of fused-ring (bicyclic) bond motifs is 1. The average molecular weight is 420 g/mol. The zero-order valence-electron chi connectivity index (χ0n) is 18.3. The van der Waals surface area contributed by atoms with Gasteiger partial charge in [-0.05, 0) is 61.4 Å². The molecule has 1 heterocycles. The van der Waals surface area contributed by atoms with Gasteiger partial charge in [-0.25, -0.2) is 4.79 Å². The van der Waals surface area contributed by atoms with Crippen molar-refractivity contribution < 1.29 is 9.53 Å². The van der Waals surface area contributed by atoms with Crippen molar-refractivity contribution in [2.45, 2.75) is 52.1 Å². The zero-order chi connectivity index (χ0) is 22.0. The second-order valence-electron chi connectivity index (χ2n) is 8.29. The summed E-state index contributed by atoms with van der Waals surface area (Å²) < 4.78 is 5.37. The molecular weight excluding hydrogens is 390 g/mol. The van der Waals surface area contributed by atoms with Gasteiger partial charge in [0.15, 0.2) is 0 Å². The summed E-state index contributed by atoms with van der Waals surface area (Å²) in [6.45, 7) is 4.31. The largest absolute Gasteiger partial charge is 0.495 e. The van der Waals surface area contributed by atoms with Crippen molar-refractivity contribution in [1.29, 1.82) is 0 Å². The first-order valence-electron chi connectivity index (χ1n) is 10.8. The number of hydrogen-bond donors (Lipinski definition) is 2. The van der Waals surface area contributed by atoms with Gasteiger partial charge in [0.25, 0.3) is 5.56 Å². The number of H-pyrrole nitrogens is 1. The molecule has 1 fully saturated rings. The summed E-state index contributed by atoms with van der Waals surface area (Å²) >= 11 is 0. The number of nitrogens with one attached hydrogen (secondary N) is 2. The highest BCUT2D eigenvalue weighted by Gasteiger charge is 2.28. The van der Waals surface area contributed by atoms with Crippen LogP contribution in [0.15, 0.2) is 47.3 Å². The smallest absolute Gasteiger partial charge is 0.322 e. The lowest BCUT2D eigenvalue weighted by atomic mass is 10.0. The Balaban J connectivity index is 1.66. The highest BCUT2D eigenvalue weighted by Crippen LogP contribution is 2.28. The lowest BCUT2D eigenvalue weighted by Gasteiger charge is -2.29. The van der Waals surface area contributed by atoms with E-state index < -0.39 is 0 Å². The predicted octanol–water partition coefficient (Wildman–Crippen LogP) is 5.13. The fourth-order valence-electron chi connectivity index (χ4n) is 4.39. The number of benzene rings is 2. The summed E-state index contributed by atoms with van der Waals surface area (Å²) in [5.74, 6) is 0.608. The number of para-hydroxylation sites is 2. The molecule has 0 atom stereocenters. The third kappa shape index (κ3) is 4.29. The van der Waals surface area contributed by atoms with Crippen molar-refractivity contribution >= 4 is 22.6 Å². The molecule has 31 heavy (non-hydrogen) atoms. The molecule has 1 saturated carbocycles. The lowest BCUT2D eigenvalue weighted by Crippen LogP contribution is -2.42. The Bertz CT molecular complexity index is 1160. The van der Waals surface area contributed by atoms with Crippen LogP contribution in [0.1, 0.15) is 42.4 Å². The Morgan fingerprint density at radius 1 is 1.16 bits per heavy atom. The van der Waals surface area contributed by atoms with Crippen molar-refractivity contribution in [1.82, 2.24) is 9.88 Å². The minimum atomic E-state index is -0.212. The molecule has 6 heteroatoms. The van der Waals surface area contributed by atoms with Crippen LogP contribution in [-0.4, -0.2) is 29.1 Å². The van der Waals surface area contributed by atoms with E-state index in [1.165, 1.54) is 0 Å². The molecule has 0 unspecified atom stereocenters. The zero-order valence-corrected chi connectivity index (χ0v) is 18.3. The van der Waals surface area contributed by atoms with Crippen molar-refractivity contribution in [2.75, 3.05) is 12.4 Å². The first kappa shape index (κ1) is 21.0. The van der Waals surface area contributed by atoms with Gasteiger partial charge >= 0.3 is 6.03 Å². The number of anilines is 1. The molecule has 4 rings (SSSR count). The third-order valence-electron chi connectivity index (χ3n) is 6.34. The van der Waals surface area contributed by atoms with Gasteiger partial charge < -0.3 is 19.9 Å². The Morgan fingerprint density at radius 3 is 2.65 bits per heavy atom. The van der Waals surface area contributed by atoms with E-state index in [9.17, 15) is 9.59 Å². The van der Waals surface area contributed by atoms with Gasteiger partial charge in [0.05, 0.1) is 24.9 Å². The van der Waals surface area contributed by atoms with Crippen LogP contribution in [0.4, 0.5) is 10.5 Å². The number of nitrogens with zero attached hydrogens (tertiary/aromatic N) is 1. The first-order chi connectivity index (χ1) is 15.0. The Labute approximate surface area is 182 Å². The van der Waals surface area contributed by atoms with Crippen LogP contribution in [0.3, 0.4) is 0 Å². The number of aryl methyl sites for hydroxylation is 2. The van der Waals surface area contributed by atoms with Crippen LogP contribution in [-0.2, 0) is 6.54 Å². The van der Waals surface area contributed by atoms with Crippen LogP contribution in [0.2, 0.25) is 0 Å². The topological polar surface area (TPSA) is 74.4 Å². The number of hydrogen-bond acceptors (Lipinski definition) is 3. The first-order valence-corrected chi connectivity index (χ1v) is 10.8. The molecule has 2 N–H and O–H groups in total. The molecule has 2 aromatic carbocycles. The van der Waals surface area contributed by atoms with Crippen LogP contribution in [0.5, 0.6) is 5.75 Å².